The Morgan fingerprint density at radius 3 is 2.23 bits per heavy atom. The third-order valence-corrected chi connectivity index (χ3v) is 9.46. The van der Waals surface area contributed by atoms with Crippen LogP contribution in [0.3, 0.4) is 0 Å². The van der Waals surface area contributed by atoms with Crippen LogP contribution in [0.4, 0.5) is 17.6 Å². The number of benzene rings is 3. The number of likely N-dealkylation sites (tertiary alicyclic amines) is 1. The lowest BCUT2D eigenvalue weighted by Gasteiger charge is -2.40. The highest BCUT2D eigenvalue weighted by Crippen LogP contribution is 2.45. The van der Waals surface area contributed by atoms with E-state index < -0.39 is 40.8 Å². The highest BCUT2D eigenvalue weighted by atomic mass is 35.5. The van der Waals surface area contributed by atoms with E-state index in [2.05, 4.69) is 4.90 Å². The number of hydrogen-bond acceptors (Lipinski definition) is 3. The Hall–Kier alpha value is -3.69. The predicted octanol–water partition coefficient (Wildman–Crippen LogP) is 6.59. The molecule has 10 heteroatoms. The molecule has 3 aromatic carbocycles. The molecule has 0 bridgehead atoms. The first-order valence-corrected chi connectivity index (χ1v) is 15.2. The first kappa shape index (κ1) is 30.3. The molecule has 1 aromatic heterocycles. The number of piperidine rings is 1. The highest BCUT2D eigenvalue weighted by Gasteiger charge is 2.45. The number of rotatable bonds is 7. The van der Waals surface area contributed by atoms with Crippen LogP contribution in [0.2, 0.25) is 5.02 Å². The van der Waals surface area contributed by atoms with E-state index in [0.29, 0.717) is 68.0 Å². The molecule has 0 amide bonds. The van der Waals surface area contributed by atoms with Crippen LogP contribution in [-0.4, -0.2) is 27.1 Å². The van der Waals surface area contributed by atoms with Crippen molar-refractivity contribution < 1.29 is 17.6 Å². The molecular formula is C34H32ClF4N3O2. The van der Waals surface area contributed by atoms with Crippen molar-refractivity contribution in [2.45, 2.75) is 63.3 Å². The lowest BCUT2D eigenvalue weighted by atomic mass is 9.74. The van der Waals surface area contributed by atoms with Gasteiger partial charge in [0.05, 0.1) is 12.1 Å². The molecule has 1 aliphatic carbocycles. The highest BCUT2D eigenvalue weighted by molar-refractivity contribution is 6.30. The number of hydrogen-bond donors (Lipinski definition) is 0. The van der Waals surface area contributed by atoms with E-state index in [0.717, 1.165) is 33.9 Å². The van der Waals surface area contributed by atoms with Gasteiger partial charge in [0.25, 0.3) is 5.56 Å². The average Bonchev–Trinajstić information content (AvgIpc) is 3.36. The zero-order valence-corrected chi connectivity index (χ0v) is 24.8. The van der Waals surface area contributed by atoms with Gasteiger partial charge in [0.2, 0.25) is 0 Å². The molecule has 0 saturated carbocycles. The number of aryl methyl sites for hydroxylation is 1. The lowest BCUT2D eigenvalue weighted by Crippen LogP contribution is -2.48. The molecule has 0 N–H and O–H groups in total. The summed E-state index contributed by atoms with van der Waals surface area (Å²) in [5.41, 5.74) is -0.404. The van der Waals surface area contributed by atoms with Crippen molar-refractivity contribution in [1.82, 2.24) is 14.0 Å². The smallest absolute Gasteiger partial charge is 0.299 e. The standard InChI is InChI=1S/C34H32ClF4N3O2/c35-25-9-4-8-24(20-25)21-40-18-15-33(16-19-40)14-12-29-30(33)31(43)41(17-13-23-6-2-1-3-7-23)32(44)42(29)22-26-27(34(37,38)39)10-5-11-28(26)36/h1-11,20H,12-19,21-22H2. The zero-order chi connectivity index (χ0) is 31.1. The normalized spacial score (nSPS) is 16.4. The topological polar surface area (TPSA) is 47.2 Å². The molecule has 0 atom stereocenters. The summed E-state index contributed by atoms with van der Waals surface area (Å²) in [6, 6.07) is 19.9. The monoisotopic (exact) mass is 625 g/mol. The molecule has 1 spiro atoms. The largest absolute Gasteiger partial charge is 0.416 e. The number of fused-ring (bicyclic) bond motifs is 2. The molecule has 2 aliphatic rings. The van der Waals surface area contributed by atoms with Gasteiger partial charge in [0.15, 0.2) is 0 Å². The Morgan fingerprint density at radius 1 is 0.818 bits per heavy atom. The third-order valence-electron chi connectivity index (χ3n) is 9.22. The summed E-state index contributed by atoms with van der Waals surface area (Å²) in [5, 5.41) is 0.665. The summed E-state index contributed by atoms with van der Waals surface area (Å²) in [7, 11) is 0. The minimum atomic E-state index is -4.80. The SMILES string of the molecule is O=c1c2c(n(Cc3c(F)cccc3C(F)(F)F)c(=O)n1CCc1ccccc1)CCC21CCN(Cc2cccc(Cl)c2)CC1. The van der Waals surface area contributed by atoms with Crippen molar-refractivity contribution in [1.29, 1.82) is 0 Å². The number of aromatic nitrogens is 2. The van der Waals surface area contributed by atoms with Gasteiger partial charge in [-0.15, -0.1) is 0 Å². The minimum absolute atomic E-state index is 0.0648. The molecule has 1 fully saturated rings. The molecular weight excluding hydrogens is 594 g/mol. The van der Waals surface area contributed by atoms with Crippen LogP contribution in [0.5, 0.6) is 0 Å². The van der Waals surface area contributed by atoms with Crippen LogP contribution in [0.15, 0.2) is 82.4 Å². The van der Waals surface area contributed by atoms with E-state index in [4.69, 9.17) is 11.6 Å². The Labute approximate surface area is 257 Å². The fourth-order valence-electron chi connectivity index (χ4n) is 6.94. The Bertz CT molecular complexity index is 1790. The Kier molecular flexibility index (Phi) is 8.28. The van der Waals surface area contributed by atoms with Crippen LogP contribution in [0.25, 0.3) is 0 Å². The summed E-state index contributed by atoms with van der Waals surface area (Å²) < 4.78 is 59.2. The fourth-order valence-corrected chi connectivity index (χ4v) is 7.15. The molecule has 4 aromatic rings. The van der Waals surface area contributed by atoms with Crippen LogP contribution in [0, 0.1) is 5.82 Å². The maximum absolute atomic E-state index is 15.0. The molecule has 1 saturated heterocycles. The summed E-state index contributed by atoms with van der Waals surface area (Å²) in [4.78, 5) is 30.4. The number of halogens is 5. The van der Waals surface area contributed by atoms with E-state index in [1.54, 1.807) is 0 Å². The Balaban J connectivity index is 1.40. The lowest BCUT2D eigenvalue weighted by molar-refractivity contribution is -0.138. The summed E-state index contributed by atoms with van der Waals surface area (Å²) in [6.45, 7) is 1.58. The van der Waals surface area contributed by atoms with Gasteiger partial charge in [-0.1, -0.05) is 60.1 Å². The van der Waals surface area contributed by atoms with Crippen molar-refractivity contribution >= 4 is 11.6 Å². The van der Waals surface area contributed by atoms with E-state index in [-0.39, 0.29) is 12.1 Å². The van der Waals surface area contributed by atoms with E-state index in [9.17, 15) is 27.2 Å². The number of alkyl halides is 3. The molecule has 0 radical (unpaired) electrons. The zero-order valence-electron chi connectivity index (χ0n) is 24.0. The van der Waals surface area contributed by atoms with Crippen molar-refractivity contribution in [3.63, 3.8) is 0 Å². The first-order chi connectivity index (χ1) is 21.1. The third kappa shape index (κ3) is 5.87. The number of nitrogens with zero attached hydrogens (tertiary/aromatic N) is 3. The van der Waals surface area contributed by atoms with Crippen molar-refractivity contribution in [3.05, 3.63) is 138 Å². The van der Waals surface area contributed by atoms with Crippen molar-refractivity contribution in [2.24, 2.45) is 0 Å². The van der Waals surface area contributed by atoms with E-state index >= 15 is 0 Å². The van der Waals surface area contributed by atoms with Crippen molar-refractivity contribution in [3.8, 4) is 0 Å². The van der Waals surface area contributed by atoms with Gasteiger partial charge in [-0.25, -0.2) is 9.18 Å². The summed E-state index contributed by atoms with van der Waals surface area (Å²) in [5.74, 6) is -1.04. The van der Waals surface area contributed by atoms with Gasteiger partial charge in [-0.3, -0.25) is 18.8 Å². The quantitative estimate of drug-likeness (QED) is 0.218. The second-order valence-corrected chi connectivity index (χ2v) is 12.3. The maximum Gasteiger partial charge on any atom is 0.416 e. The second kappa shape index (κ2) is 12.0. The Morgan fingerprint density at radius 2 is 1.52 bits per heavy atom. The van der Waals surface area contributed by atoms with Gasteiger partial charge in [-0.05, 0) is 80.6 Å². The maximum atomic E-state index is 15.0. The molecule has 0 unspecified atom stereocenters. The molecule has 2 heterocycles. The molecule has 5 nitrogen and oxygen atoms in total. The van der Waals surface area contributed by atoms with Gasteiger partial charge in [-0.2, -0.15) is 13.2 Å². The van der Waals surface area contributed by atoms with Crippen LogP contribution < -0.4 is 11.2 Å². The van der Waals surface area contributed by atoms with Gasteiger partial charge in [0.1, 0.15) is 5.82 Å². The second-order valence-electron chi connectivity index (χ2n) is 11.8. The van der Waals surface area contributed by atoms with Crippen LogP contribution in [-0.2, 0) is 44.1 Å². The van der Waals surface area contributed by atoms with Gasteiger partial charge >= 0.3 is 11.9 Å². The first-order valence-electron chi connectivity index (χ1n) is 14.8. The summed E-state index contributed by atoms with van der Waals surface area (Å²) >= 11 is 6.17. The molecule has 6 rings (SSSR count). The fraction of sp³-hybridized carbons (Fsp3) is 0.353. The van der Waals surface area contributed by atoms with Crippen LogP contribution >= 0.6 is 11.6 Å². The van der Waals surface area contributed by atoms with Gasteiger partial charge in [0, 0.05) is 40.3 Å². The minimum Gasteiger partial charge on any atom is -0.299 e. The van der Waals surface area contributed by atoms with Crippen molar-refractivity contribution in [2.75, 3.05) is 13.1 Å². The van der Waals surface area contributed by atoms with E-state index in [1.807, 2.05) is 54.6 Å². The molecule has 1 aliphatic heterocycles. The summed E-state index contributed by atoms with van der Waals surface area (Å²) in [6.07, 6.45) is -2.11. The van der Waals surface area contributed by atoms with E-state index in [1.165, 1.54) is 4.57 Å². The molecule has 230 valence electrons. The van der Waals surface area contributed by atoms with Gasteiger partial charge < -0.3 is 0 Å². The molecule has 44 heavy (non-hydrogen) atoms. The predicted molar refractivity (Wildman–Crippen MR) is 162 cm³/mol. The average molecular weight is 626 g/mol. The van der Waals surface area contributed by atoms with Crippen LogP contribution in [0.1, 0.15) is 52.8 Å².